The molecular formula is C21H20BrN3O2. The second-order valence-corrected chi connectivity index (χ2v) is 8.47. The van der Waals surface area contributed by atoms with Crippen molar-refractivity contribution in [3.63, 3.8) is 0 Å². The Hall–Kier alpha value is -2.34. The molecule has 2 bridgehead atoms. The van der Waals surface area contributed by atoms with Gasteiger partial charge in [-0.2, -0.15) is 0 Å². The molecule has 2 aliphatic heterocycles. The highest BCUT2D eigenvalue weighted by Gasteiger charge is 2.36. The fourth-order valence-electron chi connectivity index (χ4n) is 4.67. The molecule has 2 aromatic heterocycles. The molecule has 2 atom stereocenters. The Bertz CT molecular complexity index is 1100. The largest absolute Gasteiger partial charge is 0.340 e. The highest BCUT2D eigenvalue weighted by molar-refractivity contribution is 9.10. The van der Waals surface area contributed by atoms with Crippen LogP contribution in [-0.4, -0.2) is 33.0 Å². The van der Waals surface area contributed by atoms with E-state index in [1.54, 1.807) is 6.07 Å². The zero-order chi connectivity index (χ0) is 18.5. The van der Waals surface area contributed by atoms with Crippen molar-refractivity contribution in [2.75, 3.05) is 13.1 Å². The summed E-state index contributed by atoms with van der Waals surface area (Å²) in [5.41, 5.74) is 2.21. The zero-order valence-electron chi connectivity index (χ0n) is 14.8. The number of rotatable bonds is 2. The molecule has 3 aromatic rings. The Kier molecular flexibility index (Phi) is 3.97. The highest BCUT2D eigenvalue weighted by Crippen LogP contribution is 2.35. The molecular weight excluding hydrogens is 406 g/mol. The molecule has 0 saturated carbocycles. The number of hydrogen-bond donors (Lipinski definition) is 0. The van der Waals surface area contributed by atoms with Crippen LogP contribution in [0, 0.1) is 5.92 Å². The number of aromatic nitrogens is 2. The van der Waals surface area contributed by atoms with Crippen LogP contribution in [0.1, 0.15) is 18.0 Å². The quantitative estimate of drug-likeness (QED) is 0.632. The van der Waals surface area contributed by atoms with E-state index in [0.29, 0.717) is 25.6 Å². The molecule has 1 amide bonds. The van der Waals surface area contributed by atoms with Crippen LogP contribution in [0.25, 0.3) is 10.9 Å². The lowest BCUT2D eigenvalue weighted by Gasteiger charge is -2.42. The average Bonchev–Trinajstić information content (AvgIpc) is 3.07. The Morgan fingerprint density at radius 1 is 1.07 bits per heavy atom. The van der Waals surface area contributed by atoms with Crippen molar-refractivity contribution >= 4 is 32.7 Å². The van der Waals surface area contributed by atoms with Gasteiger partial charge in [0.05, 0.1) is 0 Å². The van der Waals surface area contributed by atoms with Gasteiger partial charge in [0.15, 0.2) is 0 Å². The summed E-state index contributed by atoms with van der Waals surface area (Å²) < 4.78 is 4.96. The van der Waals surface area contributed by atoms with Crippen molar-refractivity contribution in [1.82, 2.24) is 14.0 Å². The molecule has 1 fully saturated rings. The summed E-state index contributed by atoms with van der Waals surface area (Å²) in [6.45, 7) is 2.50. The van der Waals surface area contributed by atoms with Crippen LogP contribution in [0.5, 0.6) is 0 Å². The number of hydrogen-bond acceptors (Lipinski definition) is 2. The zero-order valence-corrected chi connectivity index (χ0v) is 16.4. The molecule has 4 heterocycles. The number of pyridine rings is 1. The van der Waals surface area contributed by atoms with Crippen molar-refractivity contribution in [3.05, 3.63) is 69.2 Å². The SMILES string of the molecule is O=C(Cn1ccc2c(Br)cccc21)N1C[C@H]2C[C@@H](C1)c1cccc(=O)n1C2. The first kappa shape index (κ1) is 16.8. The molecule has 5 rings (SSSR count). The van der Waals surface area contributed by atoms with Gasteiger partial charge < -0.3 is 14.0 Å². The molecule has 0 unspecified atom stereocenters. The van der Waals surface area contributed by atoms with E-state index in [-0.39, 0.29) is 17.4 Å². The summed E-state index contributed by atoms with van der Waals surface area (Å²) in [5, 5.41) is 1.12. The smallest absolute Gasteiger partial charge is 0.250 e. The number of piperidine rings is 1. The van der Waals surface area contributed by atoms with E-state index in [2.05, 4.69) is 15.9 Å². The minimum absolute atomic E-state index is 0.0753. The predicted molar refractivity (Wildman–Crippen MR) is 108 cm³/mol. The molecule has 138 valence electrons. The van der Waals surface area contributed by atoms with Crippen molar-refractivity contribution < 1.29 is 4.79 Å². The number of nitrogens with zero attached hydrogens (tertiary/aromatic N) is 3. The lowest BCUT2D eigenvalue weighted by Crippen LogP contribution is -2.49. The van der Waals surface area contributed by atoms with Crippen LogP contribution in [0.15, 0.2) is 57.9 Å². The fraction of sp³-hybridized carbons (Fsp3) is 0.333. The van der Waals surface area contributed by atoms with Crippen molar-refractivity contribution in [1.29, 1.82) is 0 Å². The van der Waals surface area contributed by atoms with E-state index in [0.717, 1.165) is 34.0 Å². The van der Waals surface area contributed by atoms with Crippen LogP contribution in [0.4, 0.5) is 0 Å². The molecule has 6 heteroatoms. The molecule has 1 aromatic carbocycles. The third-order valence-corrected chi connectivity index (χ3v) is 6.59. The van der Waals surface area contributed by atoms with E-state index >= 15 is 0 Å². The lowest BCUT2D eigenvalue weighted by atomic mass is 9.83. The van der Waals surface area contributed by atoms with Gasteiger partial charge in [-0.15, -0.1) is 0 Å². The number of halogens is 1. The van der Waals surface area contributed by atoms with Gasteiger partial charge in [0.1, 0.15) is 6.54 Å². The highest BCUT2D eigenvalue weighted by atomic mass is 79.9. The Labute approximate surface area is 165 Å². The van der Waals surface area contributed by atoms with Gasteiger partial charge in [-0.05, 0) is 36.6 Å². The normalized spacial score (nSPS) is 21.3. The van der Waals surface area contributed by atoms with Gasteiger partial charge >= 0.3 is 0 Å². The number of fused-ring (bicyclic) bond motifs is 5. The Morgan fingerprint density at radius 3 is 2.81 bits per heavy atom. The summed E-state index contributed by atoms with van der Waals surface area (Å²) in [4.78, 5) is 27.2. The van der Waals surface area contributed by atoms with E-state index < -0.39 is 0 Å². The van der Waals surface area contributed by atoms with Crippen LogP contribution in [-0.2, 0) is 17.9 Å². The average molecular weight is 426 g/mol. The molecule has 5 nitrogen and oxygen atoms in total. The van der Waals surface area contributed by atoms with Crippen LogP contribution in [0.3, 0.4) is 0 Å². The van der Waals surface area contributed by atoms with Crippen molar-refractivity contribution in [3.8, 4) is 0 Å². The lowest BCUT2D eigenvalue weighted by molar-refractivity contribution is -0.134. The second-order valence-electron chi connectivity index (χ2n) is 7.61. The van der Waals surface area contributed by atoms with Gasteiger partial charge in [0.25, 0.3) is 5.56 Å². The van der Waals surface area contributed by atoms with Crippen LogP contribution < -0.4 is 5.56 Å². The van der Waals surface area contributed by atoms with E-state index in [1.165, 1.54) is 0 Å². The second kappa shape index (κ2) is 6.37. The molecule has 27 heavy (non-hydrogen) atoms. The molecule has 0 N–H and O–H groups in total. The minimum atomic E-state index is 0.0753. The molecule has 1 saturated heterocycles. The molecule has 0 radical (unpaired) electrons. The summed E-state index contributed by atoms with van der Waals surface area (Å²) >= 11 is 3.57. The monoisotopic (exact) mass is 425 g/mol. The number of benzene rings is 1. The van der Waals surface area contributed by atoms with Gasteiger partial charge in [0.2, 0.25) is 5.91 Å². The van der Waals surface area contributed by atoms with Gasteiger partial charge in [0, 0.05) is 58.9 Å². The standard InChI is InChI=1S/C21H20BrN3O2/c22-17-3-1-5-19-16(17)7-8-23(19)13-21(27)24-10-14-9-15(12-24)18-4-2-6-20(26)25(18)11-14/h1-8,14-15H,9-13H2/t14-,15+/m1/s1. The summed E-state index contributed by atoms with van der Waals surface area (Å²) in [5.74, 6) is 0.760. The topological polar surface area (TPSA) is 47.2 Å². The van der Waals surface area contributed by atoms with E-state index in [9.17, 15) is 9.59 Å². The van der Waals surface area contributed by atoms with Crippen molar-refractivity contribution in [2.24, 2.45) is 5.92 Å². The number of likely N-dealkylation sites (tertiary alicyclic amines) is 1. The van der Waals surface area contributed by atoms with Crippen LogP contribution >= 0.6 is 15.9 Å². The van der Waals surface area contributed by atoms with Gasteiger partial charge in [-0.25, -0.2) is 0 Å². The number of carbonyl (C=O) groups excluding carboxylic acids is 1. The summed E-state index contributed by atoms with van der Waals surface area (Å²) in [6, 6.07) is 13.6. The molecule has 0 spiro atoms. The van der Waals surface area contributed by atoms with E-state index in [4.69, 9.17) is 0 Å². The van der Waals surface area contributed by atoms with Gasteiger partial charge in [-0.3, -0.25) is 9.59 Å². The maximum atomic E-state index is 13.0. The first-order valence-corrected chi connectivity index (χ1v) is 10.1. The van der Waals surface area contributed by atoms with E-state index in [1.807, 2.05) is 56.6 Å². The first-order chi connectivity index (χ1) is 13.1. The Balaban J connectivity index is 1.39. The maximum absolute atomic E-state index is 13.0. The summed E-state index contributed by atoms with van der Waals surface area (Å²) in [6.07, 6.45) is 3.04. The van der Waals surface area contributed by atoms with Gasteiger partial charge in [-0.1, -0.05) is 28.1 Å². The first-order valence-electron chi connectivity index (χ1n) is 9.31. The fourth-order valence-corrected chi connectivity index (χ4v) is 5.16. The maximum Gasteiger partial charge on any atom is 0.250 e. The number of carbonyl (C=O) groups is 1. The molecule has 2 aliphatic rings. The third kappa shape index (κ3) is 2.83. The van der Waals surface area contributed by atoms with Crippen molar-refractivity contribution in [2.45, 2.75) is 25.4 Å². The predicted octanol–water partition coefficient (Wildman–Crippen LogP) is 3.21. The summed E-state index contributed by atoms with van der Waals surface area (Å²) in [7, 11) is 0. The number of amides is 1. The third-order valence-electron chi connectivity index (χ3n) is 5.90. The van der Waals surface area contributed by atoms with Crippen LogP contribution in [0.2, 0.25) is 0 Å². The minimum Gasteiger partial charge on any atom is -0.340 e. The molecule has 0 aliphatic carbocycles. The Morgan fingerprint density at radius 2 is 1.93 bits per heavy atom.